The van der Waals surface area contributed by atoms with Crippen molar-refractivity contribution in [1.29, 1.82) is 0 Å². The van der Waals surface area contributed by atoms with Crippen LogP contribution in [0.2, 0.25) is 0 Å². The van der Waals surface area contributed by atoms with E-state index >= 15 is 0 Å². The summed E-state index contributed by atoms with van der Waals surface area (Å²) in [4.78, 5) is 35.7. The van der Waals surface area contributed by atoms with Gasteiger partial charge in [0.25, 0.3) is 11.5 Å². The van der Waals surface area contributed by atoms with Crippen LogP contribution in [0.15, 0.2) is 28.0 Å². The molecule has 7 nitrogen and oxygen atoms in total. The lowest BCUT2D eigenvalue weighted by Crippen LogP contribution is -2.36. The Labute approximate surface area is 197 Å². The van der Waals surface area contributed by atoms with Gasteiger partial charge in [0.2, 0.25) is 0 Å². The van der Waals surface area contributed by atoms with Crippen molar-refractivity contribution >= 4 is 51.7 Å². The van der Waals surface area contributed by atoms with Crippen LogP contribution in [0, 0.1) is 12.8 Å². The molecule has 2 aromatic heterocycles. The van der Waals surface area contributed by atoms with Crippen molar-refractivity contribution in [3.63, 3.8) is 0 Å². The Morgan fingerprint density at radius 3 is 2.78 bits per heavy atom. The van der Waals surface area contributed by atoms with Crippen molar-refractivity contribution < 1.29 is 9.53 Å². The molecule has 2 aliphatic heterocycles. The summed E-state index contributed by atoms with van der Waals surface area (Å²) in [7, 11) is 1.63. The fraction of sp³-hybridized carbons (Fsp3) is 0.478. The molecule has 9 heteroatoms. The third-order valence-electron chi connectivity index (χ3n) is 6.03. The van der Waals surface area contributed by atoms with E-state index in [9.17, 15) is 9.59 Å². The number of anilines is 1. The topological polar surface area (TPSA) is 67.2 Å². The van der Waals surface area contributed by atoms with Crippen molar-refractivity contribution in [1.82, 2.24) is 14.3 Å². The molecule has 0 atom stereocenters. The van der Waals surface area contributed by atoms with Crippen LogP contribution < -0.4 is 10.5 Å². The second-order valence-electron chi connectivity index (χ2n) is 8.39. The Morgan fingerprint density at radius 1 is 1.31 bits per heavy atom. The van der Waals surface area contributed by atoms with Gasteiger partial charge in [-0.15, -0.1) is 0 Å². The number of rotatable bonds is 6. The fourth-order valence-corrected chi connectivity index (χ4v) is 5.37. The van der Waals surface area contributed by atoms with E-state index in [4.69, 9.17) is 21.9 Å². The van der Waals surface area contributed by atoms with Crippen LogP contribution in [-0.4, -0.2) is 57.9 Å². The zero-order valence-corrected chi connectivity index (χ0v) is 20.3. The minimum Gasteiger partial charge on any atom is -0.385 e. The third-order valence-corrected chi connectivity index (χ3v) is 7.40. The van der Waals surface area contributed by atoms with Gasteiger partial charge in [-0.25, -0.2) is 4.98 Å². The van der Waals surface area contributed by atoms with Gasteiger partial charge in [-0.3, -0.25) is 18.9 Å². The molecule has 0 aromatic carbocycles. The summed E-state index contributed by atoms with van der Waals surface area (Å²) in [5.41, 5.74) is 1.86. The summed E-state index contributed by atoms with van der Waals surface area (Å²) in [5.74, 6) is 1.14. The van der Waals surface area contributed by atoms with E-state index in [0.29, 0.717) is 51.7 Å². The predicted octanol–water partition coefficient (Wildman–Crippen LogP) is 3.48. The summed E-state index contributed by atoms with van der Waals surface area (Å²) in [6.07, 6.45) is 6.22. The normalized spacial score (nSPS) is 19.0. The number of ether oxygens (including phenoxy) is 1. The van der Waals surface area contributed by atoms with E-state index in [1.54, 1.807) is 28.7 Å². The largest absolute Gasteiger partial charge is 0.385 e. The van der Waals surface area contributed by atoms with Crippen LogP contribution in [0.25, 0.3) is 11.7 Å². The first-order valence-corrected chi connectivity index (χ1v) is 12.1. The molecule has 1 amide bonds. The lowest BCUT2D eigenvalue weighted by molar-refractivity contribution is -0.122. The molecule has 0 N–H and O–H groups in total. The highest BCUT2D eigenvalue weighted by atomic mass is 32.2. The molecule has 4 rings (SSSR count). The quantitative estimate of drug-likeness (QED) is 0.362. The first kappa shape index (κ1) is 22.9. The summed E-state index contributed by atoms with van der Waals surface area (Å²) >= 11 is 6.68. The van der Waals surface area contributed by atoms with Gasteiger partial charge in [0.15, 0.2) is 0 Å². The number of thioether (sulfide) groups is 1. The molecule has 2 saturated heterocycles. The fourth-order valence-electron chi connectivity index (χ4n) is 4.08. The van der Waals surface area contributed by atoms with Gasteiger partial charge < -0.3 is 9.64 Å². The van der Waals surface area contributed by atoms with Crippen molar-refractivity contribution in [2.45, 2.75) is 33.1 Å². The van der Waals surface area contributed by atoms with Crippen LogP contribution in [0.4, 0.5) is 5.82 Å². The van der Waals surface area contributed by atoms with Gasteiger partial charge >= 0.3 is 0 Å². The predicted molar refractivity (Wildman–Crippen MR) is 133 cm³/mol. The molecule has 2 aliphatic rings. The number of thiocarbonyl (C=S) groups is 1. The van der Waals surface area contributed by atoms with Crippen molar-refractivity contribution in [3.8, 4) is 0 Å². The summed E-state index contributed by atoms with van der Waals surface area (Å²) in [6.45, 7) is 6.95. The zero-order chi connectivity index (χ0) is 22.8. The molecule has 4 heterocycles. The number of fused-ring (bicyclic) bond motifs is 1. The smallest absolute Gasteiger partial charge is 0.267 e. The van der Waals surface area contributed by atoms with E-state index in [1.807, 2.05) is 19.1 Å². The van der Waals surface area contributed by atoms with E-state index in [-0.39, 0.29) is 11.5 Å². The van der Waals surface area contributed by atoms with Crippen LogP contribution in [0.1, 0.15) is 37.3 Å². The van der Waals surface area contributed by atoms with Gasteiger partial charge in [0.05, 0.1) is 10.5 Å². The summed E-state index contributed by atoms with van der Waals surface area (Å²) in [5, 5.41) is 0. The highest BCUT2D eigenvalue weighted by Gasteiger charge is 2.33. The number of methoxy groups -OCH3 is 1. The lowest BCUT2D eigenvalue weighted by Gasteiger charge is -2.32. The molecule has 32 heavy (non-hydrogen) atoms. The minimum atomic E-state index is -0.169. The number of carbonyl (C=O) groups excluding carboxylic acids is 1. The molecule has 2 fully saturated rings. The monoisotopic (exact) mass is 472 g/mol. The molecular formula is C23H28N4O3S2. The Morgan fingerprint density at radius 2 is 2.06 bits per heavy atom. The number of amides is 1. The molecule has 0 saturated carbocycles. The van der Waals surface area contributed by atoms with Gasteiger partial charge in [0, 0.05) is 39.5 Å². The molecule has 170 valence electrons. The lowest BCUT2D eigenvalue weighted by atomic mass is 9.99. The maximum atomic E-state index is 13.5. The number of carbonyl (C=O) groups is 1. The second-order valence-corrected chi connectivity index (χ2v) is 10.1. The summed E-state index contributed by atoms with van der Waals surface area (Å²) in [6, 6.07) is 3.79. The van der Waals surface area contributed by atoms with Gasteiger partial charge in [-0.05, 0) is 49.8 Å². The molecule has 0 aliphatic carbocycles. The standard InChI is InChI=1S/C23H28N4O3S2/c1-15-7-11-25(12-8-15)20-17(21(28)26-9-4-6-16(2)19(26)24-20)14-18-22(29)27(23(31)32-18)10-5-13-30-3/h4,6,9,14-15H,5,7-8,10-13H2,1-3H3. The molecule has 0 radical (unpaired) electrons. The number of aromatic nitrogens is 2. The third kappa shape index (κ3) is 4.46. The van der Waals surface area contributed by atoms with Gasteiger partial charge in [0.1, 0.15) is 15.8 Å². The Balaban J connectivity index is 1.78. The number of aryl methyl sites for hydroxylation is 1. The van der Waals surface area contributed by atoms with Crippen molar-refractivity contribution in [2.75, 3.05) is 38.3 Å². The Bertz CT molecular complexity index is 1140. The highest BCUT2D eigenvalue weighted by molar-refractivity contribution is 8.26. The molecule has 0 spiro atoms. The number of piperidine rings is 1. The average molecular weight is 473 g/mol. The number of nitrogens with zero attached hydrogens (tertiary/aromatic N) is 4. The number of hydrogen-bond acceptors (Lipinski definition) is 7. The number of pyridine rings is 1. The van der Waals surface area contributed by atoms with Crippen LogP contribution in [-0.2, 0) is 9.53 Å². The average Bonchev–Trinajstić information content (AvgIpc) is 3.04. The molecule has 0 unspecified atom stereocenters. The summed E-state index contributed by atoms with van der Waals surface area (Å²) < 4.78 is 7.17. The van der Waals surface area contributed by atoms with Crippen molar-refractivity contribution in [3.05, 3.63) is 44.7 Å². The zero-order valence-electron chi connectivity index (χ0n) is 18.7. The van der Waals surface area contributed by atoms with E-state index in [2.05, 4.69) is 11.8 Å². The van der Waals surface area contributed by atoms with Crippen LogP contribution in [0.5, 0.6) is 0 Å². The maximum absolute atomic E-state index is 13.5. The number of hydrogen-bond donors (Lipinski definition) is 0. The van der Waals surface area contributed by atoms with Gasteiger partial charge in [-0.1, -0.05) is 37.0 Å². The van der Waals surface area contributed by atoms with E-state index in [0.717, 1.165) is 31.5 Å². The first-order valence-electron chi connectivity index (χ1n) is 10.9. The molecule has 2 aromatic rings. The molecule has 0 bridgehead atoms. The maximum Gasteiger partial charge on any atom is 0.267 e. The second kappa shape index (κ2) is 9.72. The Kier molecular flexibility index (Phi) is 6.97. The van der Waals surface area contributed by atoms with Crippen molar-refractivity contribution in [2.24, 2.45) is 5.92 Å². The van der Waals surface area contributed by atoms with Gasteiger partial charge in [-0.2, -0.15) is 0 Å². The SMILES string of the molecule is COCCCN1C(=O)C(=Cc2c(N3CCC(C)CC3)nc3c(C)cccn3c2=O)SC1=S. The highest BCUT2D eigenvalue weighted by Crippen LogP contribution is 2.34. The molecular weight excluding hydrogens is 444 g/mol. The van der Waals surface area contributed by atoms with E-state index < -0.39 is 0 Å². The minimum absolute atomic E-state index is 0.164. The van der Waals surface area contributed by atoms with Crippen LogP contribution in [0.3, 0.4) is 0 Å². The van der Waals surface area contributed by atoms with Crippen LogP contribution >= 0.6 is 24.0 Å². The Hall–Kier alpha value is -2.23. The van der Waals surface area contributed by atoms with E-state index in [1.165, 1.54) is 11.8 Å². The first-order chi connectivity index (χ1) is 15.4.